The molecule has 0 atom stereocenters. The molecule has 2 aliphatic heterocycles. The molecular formula is C56H41BN2O6. The summed E-state index contributed by atoms with van der Waals surface area (Å²) in [6.45, 7) is 2.24. The highest BCUT2D eigenvalue weighted by Crippen LogP contribution is 2.42. The van der Waals surface area contributed by atoms with Crippen molar-refractivity contribution < 1.29 is 27.8 Å². The standard InChI is InChI=1S/C56H41BN2O6/c1-2-12-47-44(9-1)53-41(37-19-24-40(25-20-37)61-32-8-34-65-52-16-6-30-63-52)27-28-46-56(53)58(47)48-13-4-14-49-54(48)57(46)45-11-3-10-43-42-26-21-38(35-50(42)59(49)55(43)45)36-17-22-39(23-18-36)60-31-7-33-64-51-15-5-29-62-51/h1-6,9-30,35H,7-8,31-34H2. The van der Waals surface area contributed by atoms with E-state index in [1.54, 1.807) is 12.5 Å². The summed E-state index contributed by atoms with van der Waals surface area (Å²) in [6, 6.07) is 58.5. The van der Waals surface area contributed by atoms with Crippen molar-refractivity contribution in [1.82, 2.24) is 9.13 Å². The van der Waals surface area contributed by atoms with Crippen molar-refractivity contribution in [2.24, 2.45) is 0 Å². The monoisotopic (exact) mass is 848 g/mol. The van der Waals surface area contributed by atoms with Crippen molar-refractivity contribution in [2.75, 3.05) is 26.4 Å². The van der Waals surface area contributed by atoms with Crippen LogP contribution < -0.4 is 35.3 Å². The van der Waals surface area contributed by atoms with Gasteiger partial charge in [-0.2, -0.15) is 0 Å². The molecule has 0 N–H and O–H groups in total. The van der Waals surface area contributed by atoms with Gasteiger partial charge in [0, 0.05) is 68.9 Å². The van der Waals surface area contributed by atoms with E-state index in [9.17, 15) is 0 Å². The largest absolute Gasteiger partial charge is 0.493 e. The molecule has 0 radical (unpaired) electrons. The predicted molar refractivity (Wildman–Crippen MR) is 259 cm³/mol. The van der Waals surface area contributed by atoms with Crippen LogP contribution in [-0.2, 0) is 0 Å². The highest BCUT2D eigenvalue weighted by molar-refractivity contribution is 7.00. The number of hydrogen-bond donors (Lipinski definition) is 0. The number of benzene rings is 7. The zero-order valence-electron chi connectivity index (χ0n) is 35.4. The highest BCUT2D eigenvalue weighted by atomic mass is 16.6. The summed E-state index contributed by atoms with van der Waals surface area (Å²) in [5.41, 5.74) is 16.1. The van der Waals surface area contributed by atoms with Gasteiger partial charge in [-0.25, -0.2) is 0 Å². The SMILES string of the molecule is c1coc(OCCCOc2ccc(-c3ccc4c5cccc6c5n(c4c3)-c3cccc4c3B6c3ccc(-c5ccc(OCCCOc6ccco6)cc5)c5c6ccccc6n-4c35)cc2)c1. The minimum absolute atomic E-state index is 0.0614. The lowest BCUT2D eigenvalue weighted by molar-refractivity contribution is 0.210. The Morgan fingerprint density at radius 2 is 1.03 bits per heavy atom. The number of furan rings is 2. The molecule has 6 heterocycles. The Labute approximate surface area is 374 Å². The van der Waals surface area contributed by atoms with Crippen LogP contribution in [0.5, 0.6) is 23.4 Å². The van der Waals surface area contributed by atoms with E-state index < -0.39 is 0 Å². The Kier molecular flexibility index (Phi) is 8.86. The van der Waals surface area contributed by atoms with E-state index in [0.29, 0.717) is 38.3 Å². The van der Waals surface area contributed by atoms with Crippen molar-refractivity contribution >= 4 is 66.7 Å². The summed E-state index contributed by atoms with van der Waals surface area (Å²) in [5, 5.41) is 5.04. The first kappa shape index (κ1) is 37.5. The second kappa shape index (κ2) is 15.3. The first-order valence-corrected chi connectivity index (χ1v) is 22.3. The van der Waals surface area contributed by atoms with Gasteiger partial charge in [0.25, 0.3) is 18.6 Å². The number of fused-ring (bicyclic) bond motifs is 10. The second-order valence-electron chi connectivity index (χ2n) is 16.7. The lowest BCUT2D eigenvalue weighted by atomic mass is 9.34. The van der Waals surface area contributed by atoms with E-state index in [0.717, 1.165) is 41.0 Å². The third-order valence-corrected chi connectivity index (χ3v) is 13.1. The Bertz CT molecular complexity index is 3530. The zero-order valence-corrected chi connectivity index (χ0v) is 35.4. The van der Waals surface area contributed by atoms with Crippen LogP contribution in [0.2, 0.25) is 0 Å². The van der Waals surface area contributed by atoms with Crippen LogP contribution in [0.25, 0.3) is 77.2 Å². The van der Waals surface area contributed by atoms with Gasteiger partial charge >= 0.3 is 0 Å². The maximum atomic E-state index is 6.12. The van der Waals surface area contributed by atoms with Crippen molar-refractivity contribution in [1.29, 1.82) is 0 Å². The molecule has 8 nitrogen and oxygen atoms in total. The third-order valence-electron chi connectivity index (χ3n) is 13.1. The number of rotatable bonds is 14. The molecule has 0 unspecified atom stereocenters. The highest BCUT2D eigenvalue weighted by Gasteiger charge is 2.41. The van der Waals surface area contributed by atoms with Gasteiger partial charge in [-0.1, -0.05) is 91.0 Å². The van der Waals surface area contributed by atoms with Gasteiger partial charge in [0.05, 0.1) is 50.0 Å². The molecule has 2 aliphatic rings. The van der Waals surface area contributed by atoms with E-state index in [-0.39, 0.29) is 6.71 Å². The molecule has 4 aromatic heterocycles. The van der Waals surface area contributed by atoms with E-state index >= 15 is 0 Å². The summed E-state index contributed by atoms with van der Waals surface area (Å²) in [5.74, 6) is 2.73. The van der Waals surface area contributed by atoms with Crippen LogP contribution >= 0.6 is 0 Å². The van der Waals surface area contributed by atoms with Crippen molar-refractivity contribution in [3.63, 3.8) is 0 Å². The summed E-state index contributed by atoms with van der Waals surface area (Å²) >= 11 is 0. The van der Waals surface area contributed by atoms with Gasteiger partial charge in [0.1, 0.15) is 11.5 Å². The maximum absolute atomic E-state index is 6.12. The number of nitrogens with zero attached hydrogens (tertiary/aromatic N) is 2. The van der Waals surface area contributed by atoms with Gasteiger partial charge in [-0.05, 0) is 99.3 Å². The van der Waals surface area contributed by atoms with Crippen LogP contribution in [0.3, 0.4) is 0 Å². The molecule has 7 aromatic carbocycles. The first-order valence-electron chi connectivity index (χ1n) is 22.3. The average Bonchev–Trinajstić information content (AvgIpc) is 4.19. The molecule has 314 valence electrons. The minimum atomic E-state index is 0.0614. The molecule has 0 fully saturated rings. The van der Waals surface area contributed by atoms with Crippen molar-refractivity contribution in [2.45, 2.75) is 12.8 Å². The number of para-hydroxylation sites is 2. The molecule has 11 aromatic rings. The average molecular weight is 849 g/mol. The molecule has 0 saturated carbocycles. The first-order chi connectivity index (χ1) is 32.3. The summed E-state index contributed by atoms with van der Waals surface area (Å²) < 4.78 is 39.0. The molecule has 0 spiro atoms. The van der Waals surface area contributed by atoms with E-state index in [4.69, 9.17) is 27.8 Å². The third kappa shape index (κ3) is 6.14. The summed E-state index contributed by atoms with van der Waals surface area (Å²) in [7, 11) is 0. The molecule has 0 bridgehead atoms. The molecule has 9 heteroatoms. The Hall–Kier alpha value is -8.04. The topological polar surface area (TPSA) is 73.1 Å². The number of hydrogen-bond acceptors (Lipinski definition) is 6. The lowest BCUT2D eigenvalue weighted by Crippen LogP contribution is -2.59. The van der Waals surface area contributed by atoms with Crippen molar-refractivity contribution in [3.05, 3.63) is 176 Å². The van der Waals surface area contributed by atoms with Gasteiger partial charge < -0.3 is 36.9 Å². The van der Waals surface area contributed by atoms with Gasteiger partial charge in [0.15, 0.2) is 0 Å². The summed E-state index contributed by atoms with van der Waals surface area (Å²) in [6.07, 6.45) is 4.73. The Morgan fingerprint density at radius 1 is 0.431 bits per heavy atom. The zero-order chi connectivity index (χ0) is 42.8. The normalized spacial score (nSPS) is 12.3. The Balaban J connectivity index is 0.857. The maximum Gasteiger partial charge on any atom is 0.284 e. The van der Waals surface area contributed by atoms with E-state index in [1.165, 1.54) is 76.9 Å². The van der Waals surface area contributed by atoms with Gasteiger partial charge in [-0.15, -0.1) is 0 Å². The minimum Gasteiger partial charge on any atom is -0.493 e. The van der Waals surface area contributed by atoms with E-state index in [2.05, 4.69) is 149 Å². The number of ether oxygens (including phenoxy) is 4. The molecule has 13 rings (SSSR count). The fraction of sp³-hybridized carbons (Fsp3) is 0.107. The lowest BCUT2D eigenvalue weighted by Gasteiger charge is -2.33. The van der Waals surface area contributed by atoms with Gasteiger partial charge in [0.2, 0.25) is 0 Å². The molecule has 0 amide bonds. The van der Waals surface area contributed by atoms with E-state index in [1.807, 2.05) is 24.3 Å². The second-order valence-corrected chi connectivity index (χ2v) is 16.7. The van der Waals surface area contributed by atoms with Crippen LogP contribution in [0.15, 0.2) is 185 Å². The van der Waals surface area contributed by atoms with Crippen LogP contribution in [0.4, 0.5) is 0 Å². The molecule has 65 heavy (non-hydrogen) atoms. The van der Waals surface area contributed by atoms with Crippen LogP contribution in [0.1, 0.15) is 12.8 Å². The number of aromatic nitrogens is 2. The Morgan fingerprint density at radius 3 is 1.72 bits per heavy atom. The predicted octanol–water partition coefficient (Wildman–Crippen LogP) is 11.2. The molecule has 0 aliphatic carbocycles. The van der Waals surface area contributed by atoms with Crippen LogP contribution in [-0.4, -0.2) is 42.3 Å². The quantitative estimate of drug-likeness (QED) is 0.0802. The molecular weight excluding hydrogens is 807 g/mol. The fourth-order valence-electron chi connectivity index (χ4n) is 10.3. The van der Waals surface area contributed by atoms with Crippen LogP contribution in [0, 0.1) is 0 Å². The molecule has 0 saturated heterocycles. The van der Waals surface area contributed by atoms with Crippen molar-refractivity contribution in [3.8, 4) is 57.0 Å². The smallest absolute Gasteiger partial charge is 0.284 e. The van der Waals surface area contributed by atoms with Gasteiger partial charge in [-0.3, -0.25) is 0 Å². The summed E-state index contributed by atoms with van der Waals surface area (Å²) in [4.78, 5) is 0. The fourth-order valence-corrected chi connectivity index (χ4v) is 10.3.